The van der Waals surface area contributed by atoms with Crippen molar-refractivity contribution in [2.24, 2.45) is 5.73 Å². The first-order chi connectivity index (χ1) is 6.79. The van der Waals surface area contributed by atoms with Crippen molar-refractivity contribution < 1.29 is 12.9 Å². The van der Waals surface area contributed by atoms with E-state index in [2.05, 4.69) is 12.6 Å². The summed E-state index contributed by atoms with van der Waals surface area (Å²) in [6.45, 7) is -2.03. The molecule has 0 radical (unpaired) electrons. The van der Waals surface area contributed by atoms with Gasteiger partial charge in [-0.1, -0.05) is 11.1 Å². The minimum absolute atomic E-state index is 0.0961. The van der Waals surface area contributed by atoms with Crippen molar-refractivity contribution in [2.75, 3.05) is 0 Å². The second kappa shape index (κ2) is 4.10. The van der Waals surface area contributed by atoms with E-state index in [1.54, 1.807) is 6.07 Å². The number of nitrogens with two attached hydrogens (primary N) is 1. The minimum Gasteiger partial charge on any atom is -0.445 e. The molecule has 84 valence electrons. The molecule has 1 aromatic carbocycles. The van der Waals surface area contributed by atoms with Crippen LogP contribution in [0.25, 0.3) is 0 Å². The Bertz CT molecular complexity index is 390. The van der Waals surface area contributed by atoms with Crippen molar-refractivity contribution in [2.45, 2.75) is 25.3 Å². The van der Waals surface area contributed by atoms with Crippen LogP contribution in [0.2, 0.25) is 0 Å². The summed E-state index contributed by atoms with van der Waals surface area (Å²) in [7, 11) is 0. The van der Waals surface area contributed by atoms with Gasteiger partial charge in [0.05, 0.1) is 0 Å². The van der Waals surface area contributed by atoms with Crippen LogP contribution in [0, 0.1) is 13.8 Å². The lowest BCUT2D eigenvalue weighted by Gasteiger charge is -2.24. The van der Waals surface area contributed by atoms with Gasteiger partial charge in [-0.3, -0.25) is 0 Å². The molecule has 1 nitrogen and oxygen atoms in total. The normalized spacial score (nSPS) is 11.9. The molecule has 15 heavy (non-hydrogen) atoms. The zero-order valence-electron chi connectivity index (χ0n) is 8.52. The Labute approximate surface area is 92.3 Å². The number of halogens is 3. The van der Waals surface area contributed by atoms with Crippen molar-refractivity contribution >= 4 is 25.1 Å². The van der Waals surface area contributed by atoms with E-state index in [0.717, 1.165) is 0 Å². The van der Waals surface area contributed by atoms with Crippen molar-refractivity contribution in [3.63, 3.8) is 0 Å². The molecule has 0 aliphatic heterocycles. The van der Waals surface area contributed by atoms with Gasteiger partial charge in [0.1, 0.15) is 0 Å². The molecule has 0 spiro atoms. The average molecular weight is 234 g/mol. The minimum atomic E-state index is -5.01. The van der Waals surface area contributed by atoms with E-state index in [1.165, 1.54) is 13.8 Å². The van der Waals surface area contributed by atoms with E-state index in [9.17, 15) is 12.9 Å². The molecule has 0 heterocycles. The first-order valence-corrected chi connectivity index (χ1v) is 4.95. The number of hydrogen-bond donors (Lipinski definition) is 2. The Morgan fingerprint density at radius 3 is 2.20 bits per heavy atom. The molecule has 1 aromatic rings. The molecule has 0 aliphatic carbocycles. The van der Waals surface area contributed by atoms with E-state index in [1.807, 2.05) is 0 Å². The van der Waals surface area contributed by atoms with Gasteiger partial charge in [0.25, 0.3) is 0 Å². The molecule has 0 amide bonds. The average Bonchev–Trinajstić information content (AvgIpc) is 2.09. The van der Waals surface area contributed by atoms with E-state index in [-0.39, 0.29) is 17.7 Å². The Kier molecular flexibility index (Phi) is 3.40. The van der Waals surface area contributed by atoms with Crippen LogP contribution in [0.15, 0.2) is 11.0 Å². The molecule has 0 aliphatic rings. The summed E-state index contributed by atoms with van der Waals surface area (Å²) in [5.41, 5.74) is 5.74. The smallest absolute Gasteiger partial charge is 0.445 e. The second-order valence-corrected chi connectivity index (χ2v) is 3.98. The maximum atomic E-state index is 12.8. The fourth-order valence-corrected chi connectivity index (χ4v) is 1.95. The lowest BCUT2D eigenvalue weighted by atomic mass is 9.73. The fraction of sp³-hybridized carbons (Fsp3) is 0.333. The highest BCUT2D eigenvalue weighted by Gasteiger charge is 2.30. The van der Waals surface area contributed by atoms with E-state index in [4.69, 9.17) is 5.73 Å². The zero-order valence-corrected chi connectivity index (χ0v) is 9.41. The highest BCUT2D eigenvalue weighted by molar-refractivity contribution is 7.80. The molecule has 1 rings (SSSR count). The van der Waals surface area contributed by atoms with Crippen LogP contribution in [-0.4, -0.2) is 6.98 Å². The van der Waals surface area contributed by atoms with E-state index in [0.29, 0.717) is 10.5 Å². The summed E-state index contributed by atoms with van der Waals surface area (Å²) >= 11 is 4.02. The summed E-state index contributed by atoms with van der Waals surface area (Å²) in [4.78, 5) is 0.343. The van der Waals surface area contributed by atoms with Crippen LogP contribution >= 0.6 is 12.6 Å². The SMILES string of the molecule is Cc1c(S)cc(CN)c(C)c1[B-](F)(F)F. The maximum Gasteiger partial charge on any atom is 0.510 e. The standard InChI is InChI=1S/C9H12BF3NS/c1-5-7(4-14)3-8(15)6(2)9(5)10(11,12)13/h3,15H,4,14H2,1-2H3/q-1. The third-order valence-corrected chi connectivity index (χ3v) is 3.00. The third kappa shape index (κ3) is 2.31. The predicted octanol–water partition coefficient (Wildman–Crippen LogP) is 2.11. The molecule has 0 saturated heterocycles. The summed E-state index contributed by atoms with van der Waals surface area (Å²) in [6.07, 6.45) is 0. The molecule has 0 bridgehead atoms. The van der Waals surface area contributed by atoms with Gasteiger partial charge in [-0.15, -0.1) is 18.1 Å². The van der Waals surface area contributed by atoms with E-state index < -0.39 is 12.4 Å². The molecule has 0 saturated carbocycles. The molecular weight excluding hydrogens is 222 g/mol. The summed E-state index contributed by atoms with van der Waals surface area (Å²) in [6, 6.07) is 1.60. The number of benzene rings is 1. The molecule has 0 aromatic heterocycles. The lowest BCUT2D eigenvalue weighted by Crippen LogP contribution is -2.39. The molecule has 2 N–H and O–H groups in total. The van der Waals surface area contributed by atoms with Crippen LogP contribution in [-0.2, 0) is 6.54 Å². The number of thiol groups is 1. The quantitative estimate of drug-likeness (QED) is 0.594. The van der Waals surface area contributed by atoms with Gasteiger partial charge in [0, 0.05) is 11.4 Å². The van der Waals surface area contributed by atoms with Crippen molar-refractivity contribution in [1.82, 2.24) is 0 Å². The van der Waals surface area contributed by atoms with Gasteiger partial charge in [-0.25, -0.2) is 0 Å². The van der Waals surface area contributed by atoms with E-state index >= 15 is 0 Å². The second-order valence-electron chi connectivity index (χ2n) is 3.50. The van der Waals surface area contributed by atoms with Crippen molar-refractivity contribution in [1.29, 1.82) is 0 Å². The number of rotatable bonds is 2. The number of hydrogen-bond acceptors (Lipinski definition) is 2. The lowest BCUT2D eigenvalue weighted by molar-refractivity contribution is 0.499. The van der Waals surface area contributed by atoms with Crippen LogP contribution in [0.5, 0.6) is 0 Å². The Morgan fingerprint density at radius 2 is 1.80 bits per heavy atom. The van der Waals surface area contributed by atoms with Crippen LogP contribution < -0.4 is 11.2 Å². The van der Waals surface area contributed by atoms with Crippen molar-refractivity contribution in [3.05, 3.63) is 22.8 Å². The molecular formula is C9H12BF3NS-. The summed E-state index contributed by atoms with van der Waals surface area (Å²) in [5, 5.41) is 0. The van der Waals surface area contributed by atoms with Gasteiger partial charge < -0.3 is 18.7 Å². The van der Waals surface area contributed by atoms with Crippen LogP contribution in [0.3, 0.4) is 0 Å². The monoisotopic (exact) mass is 234 g/mol. The molecule has 6 heteroatoms. The Morgan fingerprint density at radius 1 is 1.27 bits per heavy atom. The molecule has 0 fully saturated rings. The maximum absolute atomic E-state index is 12.8. The van der Waals surface area contributed by atoms with Gasteiger partial charge >= 0.3 is 6.98 Å². The van der Waals surface area contributed by atoms with Crippen LogP contribution in [0.1, 0.15) is 16.7 Å². The predicted molar refractivity (Wildman–Crippen MR) is 59.8 cm³/mol. The van der Waals surface area contributed by atoms with Crippen LogP contribution in [0.4, 0.5) is 12.9 Å². The van der Waals surface area contributed by atoms with Crippen molar-refractivity contribution in [3.8, 4) is 0 Å². The first kappa shape index (κ1) is 12.5. The Balaban J connectivity index is 3.55. The fourth-order valence-electron chi connectivity index (χ4n) is 1.68. The van der Waals surface area contributed by atoms with Gasteiger partial charge in [0.2, 0.25) is 0 Å². The summed E-state index contributed by atoms with van der Waals surface area (Å²) < 4.78 is 38.4. The highest BCUT2D eigenvalue weighted by atomic mass is 32.1. The topological polar surface area (TPSA) is 26.0 Å². The molecule has 0 unspecified atom stereocenters. The largest absolute Gasteiger partial charge is 0.510 e. The molecule has 0 atom stereocenters. The zero-order chi connectivity index (χ0) is 11.8. The third-order valence-electron chi connectivity index (χ3n) is 2.53. The summed E-state index contributed by atoms with van der Waals surface area (Å²) in [5.74, 6) is 0. The van der Waals surface area contributed by atoms with Gasteiger partial charge in [-0.2, -0.15) is 0 Å². The highest BCUT2D eigenvalue weighted by Crippen LogP contribution is 2.22. The first-order valence-electron chi connectivity index (χ1n) is 4.51. The van der Waals surface area contributed by atoms with Gasteiger partial charge in [0.15, 0.2) is 0 Å². The van der Waals surface area contributed by atoms with Gasteiger partial charge in [-0.05, 0) is 25.5 Å². The Hall–Kier alpha value is -0.615.